The first-order valence-electron chi connectivity index (χ1n) is 13.1. The summed E-state index contributed by atoms with van der Waals surface area (Å²) in [5.74, 6) is 0. The summed E-state index contributed by atoms with van der Waals surface area (Å²) in [6, 6.07) is 15.7. The molecule has 3 heteroatoms. The van der Waals surface area contributed by atoms with E-state index in [1.165, 1.54) is 68.2 Å². The van der Waals surface area contributed by atoms with Crippen molar-refractivity contribution in [2.45, 2.75) is 98.4 Å². The van der Waals surface area contributed by atoms with Crippen molar-refractivity contribution in [2.24, 2.45) is 0 Å². The molecule has 0 spiro atoms. The Balaban J connectivity index is 2.75. The van der Waals surface area contributed by atoms with Gasteiger partial charge in [0.2, 0.25) is 0 Å². The van der Waals surface area contributed by atoms with Crippen LogP contribution < -0.4 is 0 Å². The molecule has 0 bridgehead atoms. The number of benzene rings is 2. The Morgan fingerprint density at radius 1 is 0.844 bits per heavy atom. The average molecular weight is 559 g/mol. The van der Waals surface area contributed by atoms with Gasteiger partial charge in [0, 0.05) is 0 Å². The summed E-state index contributed by atoms with van der Waals surface area (Å²) in [4.78, 5) is 0. The fourth-order valence-electron chi connectivity index (χ4n) is 5.23. The van der Waals surface area contributed by atoms with Crippen molar-refractivity contribution in [3.63, 3.8) is 0 Å². The van der Waals surface area contributed by atoms with E-state index in [9.17, 15) is 0 Å². The number of methoxy groups -OCH3 is 1. The molecule has 2 aromatic rings. The first kappa shape index (κ1) is 27.7. The van der Waals surface area contributed by atoms with Gasteiger partial charge in [0.25, 0.3) is 0 Å². The SMILES string of the molecule is CCC[CH2][Sn]([CH2]CCC)([CH2]CCC)/[C](=C\[Si](C)(C)C)C(OC)c1cccc2ccccc12. The summed E-state index contributed by atoms with van der Waals surface area (Å²) < 4.78 is 12.8. The number of unbranched alkanes of at least 4 members (excludes halogenated alkanes) is 3. The van der Waals surface area contributed by atoms with Crippen LogP contribution in [0.25, 0.3) is 10.8 Å². The van der Waals surface area contributed by atoms with Gasteiger partial charge in [-0.3, -0.25) is 0 Å². The molecule has 0 aromatic heterocycles. The number of hydrogen-bond donors (Lipinski definition) is 0. The molecule has 1 nitrogen and oxygen atoms in total. The van der Waals surface area contributed by atoms with Crippen molar-refractivity contribution in [3.8, 4) is 0 Å². The topological polar surface area (TPSA) is 9.23 Å². The molecule has 2 aromatic carbocycles. The van der Waals surface area contributed by atoms with Gasteiger partial charge in [-0.25, -0.2) is 0 Å². The predicted octanol–water partition coefficient (Wildman–Crippen LogP) is 9.72. The van der Waals surface area contributed by atoms with Gasteiger partial charge >= 0.3 is 205 Å². The molecule has 1 atom stereocenters. The van der Waals surface area contributed by atoms with Crippen molar-refractivity contribution < 1.29 is 4.74 Å². The average Bonchev–Trinajstić information content (AvgIpc) is 2.78. The molecule has 1 unspecified atom stereocenters. The Labute approximate surface area is 203 Å². The molecule has 32 heavy (non-hydrogen) atoms. The molecule has 0 saturated carbocycles. The van der Waals surface area contributed by atoms with Crippen molar-refractivity contribution in [1.82, 2.24) is 0 Å². The summed E-state index contributed by atoms with van der Waals surface area (Å²) in [7, 11) is 0.542. The van der Waals surface area contributed by atoms with E-state index in [4.69, 9.17) is 4.74 Å². The van der Waals surface area contributed by atoms with Crippen LogP contribution in [-0.2, 0) is 4.74 Å². The van der Waals surface area contributed by atoms with Gasteiger partial charge in [-0.15, -0.1) is 0 Å². The van der Waals surface area contributed by atoms with Crippen LogP contribution in [0.4, 0.5) is 0 Å². The molecule has 2 rings (SSSR count). The van der Waals surface area contributed by atoms with E-state index in [0.29, 0.717) is 0 Å². The van der Waals surface area contributed by atoms with Crippen molar-refractivity contribution in [3.05, 3.63) is 57.3 Å². The minimum absolute atomic E-state index is 0.120. The summed E-state index contributed by atoms with van der Waals surface area (Å²) >= 11 is -2.66. The number of rotatable bonds is 14. The van der Waals surface area contributed by atoms with E-state index in [1.807, 2.05) is 7.11 Å². The zero-order valence-corrected chi connectivity index (χ0v) is 25.8. The Morgan fingerprint density at radius 2 is 1.38 bits per heavy atom. The fraction of sp³-hybridized carbons (Fsp3) is 0.586. The van der Waals surface area contributed by atoms with Gasteiger partial charge in [-0.05, 0) is 0 Å². The van der Waals surface area contributed by atoms with Crippen molar-refractivity contribution in [2.75, 3.05) is 7.11 Å². The Hall–Kier alpha value is -0.584. The maximum absolute atomic E-state index is 6.50. The molecule has 0 saturated heterocycles. The van der Waals surface area contributed by atoms with Gasteiger partial charge in [0.1, 0.15) is 0 Å². The second-order valence-electron chi connectivity index (χ2n) is 10.7. The quantitative estimate of drug-likeness (QED) is 0.209. The fourth-order valence-corrected chi connectivity index (χ4v) is 28.7. The summed E-state index contributed by atoms with van der Waals surface area (Å²) in [5.41, 5.74) is 4.20. The van der Waals surface area contributed by atoms with Crippen molar-refractivity contribution >= 4 is 37.2 Å². The van der Waals surface area contributed by atoms with Crippen LogP contribution in [0.15, 0.2) is 51.8 Å². The van der Waals surface area contributed by atoms with Crippen LogP contribution in [0.2, 0.25) is 33.0 Å². The minimum atomic E-state index is -2.66. The molecule has 0 N–H and O–H groups in total. The van der Waals surface area contributed by atoms with Gasteiger partial charge in [0.05, 0.1) is 0 Å². The molecule has 0 amide bonds. The predicted molar refractivity (Wildman–Crippen MR) is 150 cm³/mol. The van der Waals surface area contributed by atoms with Crippen LogP contribution in [0.1, 0.15) is 71.0 Å². The molecule has 0 aliphatic heterocycles. The second kappa shape index (κ2) is 13.3. The second-order valence-corrected chi connectivity index (χ2v) is 29.0. The van der Waals surface area contributed by atoms with Gasteiger partial charge in [-0.2, -0.15) is 0 Å². The van der Waals surface area contributed by atoms with E-state index in [1.54, 1.807) is 3.59 Å². The van der Waals surface area contributed by atoms with Gasteiger partial charge in [0.15, 0.2) is 0 Å². The number of hydrogen-bond acceptors (Lipinski definition) is 1. The molecule has 0 heterocycles. The number of fused-ring (bicyclic) bond motifs is 1. The third kappa shape index (κ3) is 7.46. The van der Waals surface area contributed by atoms with E-state index in [2.05, 4.69) is 88.6 Å². The monoisotopic (exact) mass is 560 g/mol. The van der Waals surface area contributed by atoms with Crippen LogP contribution in [0.3, 0.4) is 0 Å². The summed E-state index contributed by atoms with van der Waals surface area (Å²) in [5, 5.41) is 2.70. The van der Waals surface area contributed by atoms with Crippen LogP contribution in [0, 0.1) is 0 Å². The van der Waals surface area contributed by atoms with E-state index < -0.39 is 26.5 Å². The molecule has 0 aliphatic rings. The molecule has 0 radical (unpaired) electrons. The zero-order valence-electron chi connectivity index (χ0n) is 22.0. The third-order valence-electron chi connectivity index (χ3n) is 6.85. The van der Waals surface area contributed by atoms with Gasteiger partial charge in [-0.1, -0.05) is 0 Å². The first-order valence-corrected chi connectivity index (χ1v) is 24.1. The Morgan fingerprint density at radius 3 is 1.88 bits per heavy atom. The Kier molecular flexibility index (Phi) is 11.5. The molecule has 0 aliphatic carbocycles. The maximum atomic E-state index is 6.50. The summed E-state index contributed by atoms with van der Waals surface area (Å²) in [6.45, 7) is 14.7. The number of ether oxygens (including phenoxy) is 1. The first-order chi connectivity index (χ1) is 15.3. The van der Waals surface area contributed by atoms with Crippen LogP contribution in [-0.4, -0.2) is 33.6 Å². The molecule has 0 fully saturated rings. The Bertz CT molecular complexity index is 825. The van der Waals surface area contributed by atoms with Crippen LogP contribution >= 0.6 is 0 Å². The standard InChI is InChI=1S/C17H21OSi.3C4H9.Sn/c1-18-17(12-13-19(2,3)4)16-11-7-9-14-8-5-6-10-15(14)16;3*1-3-4-2;/h5-11,13,17H,1-4H3;3*1,3-4H2,2H3;. The van der Waals surface area contributed by atoms with E-state index in [-0.39, 0.29) is 6.10 Å². The van der Waals surface area contributed by atoms with Crippen LogP contribution in [0.5, 0.6) is 0 Å². The van der Waals surface area contributed by atoms with Crippen molar-refractivity contribution in [1.29, 1.82) is 0 Å². The van der Waals surface area contributed by atoms with Gasteiger partial charge < -0.3 is 0 Å². The normalized spacial score (nSPS) is 14.2. The van der Waals surface area contributed by atoms with E-state index in [0.717, 1.165) is 0 Å². The van der Waals surface area contributed by atoms with E-state index >= 15 is 0 Å². The summed E-state index contributed by atoms with van der Waals surface area (Å²) in [6.07, 6.45) is 8.21. The third-order valence-corrected chi connectivity index (χ3v) is 24.7. The zero-order chi connectivity index (χ0) is 23.6. The molecular weight excluding hydrogens is 511 g/mol. The molecular formula is C29H48OSiSn. The molecule has 178 valence electrons.